The molecule has 2 aromatic rings. The van der Waals surface area contributed by atoms with Crippen LogP contribution in [0.2, 0.25) is 0 Å². The molecule has 0 spiro atoms. The fourth-order valence-electron chi connectivity index (χ4n) is 3.71. The van der Waals surface area contributed by atoms with E-state index in [1.54, 1.807) is 0 Å². The van der Waals surface area contributed by atoms with Crippen LogP contribution in [-0.4, -0.2) is 31.8 Å². The lowest BCUT2D eigenvalue weighted by atomic mass is 9.80. The summed E-state index contributed by atoms with van der Waals surface area (Å²) in [5.74, 6) is 0. The van der Waals surface area contributed by atoms with Crippen LogP contribution in [0.3, 0.4) is 0 Å². The van der Waals surface area contributed by atoms with Crippen molar-refractivity contribution in [3.05, 3.63) is 77.9 Å². The van der Waals surface area contributed by atoms with Crippen LogP contribution in [0.25, 0.3) is 6.08 Å². The third-order valence-corrected chi connectivity index (χ3v) is 5.24. The van der Waals surface area contributed by atoms with Crippen molar-refractivity contribution in [2.75, 3.05) is 30.9 Å². The van der Waals surface area contributed by atoms with E-state index in [2.05, 4.69) is 118 Å². The maximum absolute atomic E-state index is 8.60. The zero-order valence-corrected chi connectivity index (χ0v) is 18.7. The van der Waals surface area contributed by atoms with E-state index in [9.17, 15) is 0 Å². The van der Waals surface area contributed by atoms with Gasteiger partial charge in [0.1, 0.15) is 0 Å². The average molecular weight is 433 g/mol. The Morgan fingerprint density at radius 2 is 1.57 bits per heavy atom. The first-order valence-electron chi connectivity index (χ1n) is 9.49. The van der Waals surface area contributed by atoms with Crippen molar-refractivity contribution in [1.29, 1.82) is 0 Å². The van der Waals surface area contributed by atoms with E-state index in [4.69, 9.17) is 18.6 Å². The Kier molecular flexibility index (Phi) is 7.69. The van der Waals surface area contributed by atoms with E-state index >= 15 is 0 Å². The molecule has 1 aliphatic heterocycles. The van der Waals surface area contributed by atoms with Crippen molar-refractivity contribution in [1.82, 2.24) is 0 Å². The number of para-hydroxylation sites is 1. The van der Waals surface area contributed by atoms with Gasteiger partial charge in [0, 0.05) is 37.9 Å². The van der Waals surface area contributed by atoms with E-state index in [1.807, 2.05) is 0 Å². The van der Waals surface area contributed by atoms with Gasteiger partial charge in [0.05, 0.1) is 20.9 Å². The van der Waals surface area contributed by atoms with E-state index in [-0.39, 0.29) is 5.41 Å². The zero-order chi connectivity index (χ0) is 22.5. The molecule has 0 fully saturated rings. The first-order chi connectivity index (χ1) is 13.9. The Labute approximate surface area is 180 Å². The monoisotopic (exact) mass is 432 g/mol. The van der Waals surface area contributed by atoms with Crippen LogP contribution in [0.1, 0.15) is 25.0 Å². The summed E-state index contributed by atoms with van der Waals surface area (Å²) in [5.41, 5.74) is 5.32. The molecule has 1 unspecified atom stereocenters. The predicted octanol–water partition coefficient (Wildman–Crippen LogP) is 0.994. The summed E-state index contributed by atoms with van der Waals surface area (Å²) in [7, 11) is 1.61. The van der Waals surface area contributed by atoms with Crippen LogP contribution in [-0.2, 0) is 5.41 Å². The Hall–Kier alpha value is -2.35. The van der Waals surface area contributed by atoms with Gasteiger partial charge in [0.2, 0.25) is 0 Å². The molecule has 1 atom stereocenters. The first-order valence-corrected chi connectivity index (χ1v) is 10.8. The quantitative estimate of drug-likeness (QED) is 0.724. The van der Waals surface area contributed by atoms with Gasteiger partial charge in [0.25, 0.3) is 0 Å². The summed E-state index contributed by atoms with van der Waals surface area (Å²) in [4.78, 5) is 4.49. The van der Waals surface area contributed by atoms with Crippen molar-refractivity contribution < 1.29 is 28.9 Å². The fourth-order valence-corrected chi connectivity index (χ4v) is 3.71. The summed E-state index contributed by atoms with van der Waals surface area (Å²) in [6, 6.07) is 17.7. The average Bonchev–Trinajstić information content (AvgIpc) is 2.85. The van der Waals surface area contributed by atoms with Gasteiger partial charge in [0.15, 0.2) is 0 Å². The number of hydrogen-bond acceptors (Lipinski definition) is 6. The Balaban J connectivity index is 0.000000575. The number of halogens is 1. The molecular formula is C23H29ClN2O4. The van der Waals surface area contributed by atoms with Crippen LogP contribution in [0, 0.1) is 10.2 Å². The van der Waals surface area contributed by atoms with Crippen LogP contribution in [0.5, 0.6) is 0 Å². The topological polar surface area (TPSA) is 95.9 Å². The smallest absolute Gasteiger partial charge is 0.0777 e. The Bertz CT molecular complexity index is 881. The molecule has 7 heteroatoms. The highest BCUT2D eigenvalue weighted by molar-refractivity contribution is 5.65. The lowest BCUT2D eigenvalue weighted by Crippen LogP contribution is -2.58. The number of benzene rings is 2. The second-order valence-corrected chi connectivity index (χ2v) is 8.71. The van der Waals surface area contributed by atoms with Gasteiger partial charge in [-0.15, -0.1) is 0 Å². The zero-order valence-electron chi connectivity index (χ0n) is 17.9. The van der Waals surface area contributed by atoms with Gasteiger partial charge in [-0.25, -0.2) is 0 Å². The normalized spacial score (nSPS) is 17.8. The number of anilines is 2. The molecule has 0 bridgehead atoms. The van der Waals surface area contributed by atoms with Crippen molar-refractivity contribution in [2.24, 2.45) is 0 Å². The second kappa shape index (κ2) is 9.64. The van der Waals surface area contributed by atoms with E-state index in [0.717, 1.165) is 0 Å². The molecule has 30 heavy (non-hydrogen) atoms. The minimum absolute atomic E-state index is 0.114. The molecule has 1 heterocycles. The van der Waals surface area contributed by atoms with Crippen LogP contribution in [0.4, 0.5) is 11.4 Å². The van der Waals surface area contributed by atoms with Crippen molar-refractivity contribution in [2.45, 2.75) is 25.3 Å². The first kappa shape index (κ1) is 23.9. The largest absolute Gasteiger partial charge is 0.378 e. The minimum Gasteiger partial charge on any atom is -0.378 e. The third kappa shape index (κ3) is 6.32. The van der Waals surface area contributed by atoms with Crippen LogP contribution < -0.4 is 23.8 Å². The lowest BCUT2D eigenvalue weighted by Gasteiger charge is -2.29. The highest BCUT2D eigenvalue weighted by Crippen LogP contribution is 2.44. The van der Waals surface area contributed by atoms with Gasteiger partial charge in [-0.1, -0.05) is 68.5 Å². The SMILES string of the molecule is CN(C)c1ccc(C=CC=CC2N(C)c3ccccc3C2(C)C)cc1.[O-][Cl+3]([O-])([O-])O. The number of likely N-dealkylation sites (N-methyl/N-ethyl adjacent to an activating group) is 1. The van der Waals surface area contributed by atoms with Crippen LogP contribution in [0.15, 0.2) is 66.8 Å². The highest BCUT2D eigenvalue weighted by Gasteiger charge is 2.40. The number of fused-ring (bicyclic) bond motifs is 1. The highest BCUT2D eigenvalue weighted by atomic mass is 35.7. The number of allylic oxidation sites excluding steroid dienone is 2. The van der Waals surface area contributed by atoms with E-state index in [0.29, 0.717) is 6.04 Å². The van der Waals surface area contributed by atoms with Gasteiger partial charge < -0.3 is 9.80 Å². The summed E-state index contributed by atoms with van der Waals surface area (Å²) < 4.78 is 32.7. The molecule has 0 radical (unpaired) electrons. The van der Waals surface area contributed by atoms with Crippen molar-refractivity contribution in [3.8, 4) is 0 Å². The summed E-state index contributed by atoms with van der Waals surface area (Å²) >= 11 is 0. The maximum Gasteiger partial charge on any atom is 0.0777 e. The maximum atomic E-state index is 8.60. The fraction of sp³-hybridized carbons (Fsp3) is 0.304. The second-order valence-electron chi connectivity index (χ2n) is 7.92. The minimum atomic E-state index is -4.69. The van der Waals surface area contributed by atoms with Crippen LogP contribution >= 0.6 is 0 Å². The Morgan fingerprint density at radius 3 is 2.10 bits per heavy atom. The predicted molar refractivity (Wildman–Crippen MR) is 113 cm³/mol. The molecule has 1 aliphatic rings. The molecule has 6 nitrogen and oxygen atoms in total. The lowest BCUT2D eigenvalue weighted by molar-refractivity contribution is -1.92. The molecule has 0 saturated heterocycles. The van der Waals surface area contributed by atoms with E-state index < -0.39 is 10.2 Å². The van der Waals surface area contributed by atoms with E-state index in [1.165, 1.54) is 22.5 Å². The number of rotatable bonds is 4. The molecule has 3 rings (SSSR count). The third-order valence-electron chi connectivity index (χ3n) is 5.24. The molecule has 162 valence electrons. The van der Waals surface area contributed by atoms with Crippen molar-refractivity contribution in [3.63, 3.8) is 0 Å². The Morgan fingerprint density at radius 1 is 1.00 bits per heavy atom. The standard InChI is InChI=1S/C23H28N2.ClHO4/c1-23(2)20-11-7-8-12-21(20)25(5)22(23)13-9-6-10-18-14-16-19(17-15-18)24(3)4;2-1(3,4)5/h6-17,22H,1-5H3;(H,2,3,4,5). The summed E-state index contributed by atoms with van der Waals surface area (Å²) in [6.45, 7) is 4.65. The van der Waals surface area contributed by atoms with Gasteiger partial charge in [-0.05, 0) is 29.3 Å². The van der Waals surface area contributed by atoms with Gasteiger partial charge in [-0.2, -0.15) is 14.0 Å². The molecule has 1 N–H and O–H groups in total. The van der Waals surface area contributed by atoms with Gasteiger partial charge >= 0.3 is 0 Å². The molecule has 0 aromatic heterocycles. The molecule has 0 aliphatic carbocycles. The number of hydrogen-bond donors (Lipinski definition) is 1. The summed E-state index contributed by atoms with van der Waals surface area (Å²) in [6.07, 6.45) is 8.78. The molecule has 0 saturated carbocycles. The van der Waals surface area contributed by atoms with Gasteiger partial charge in [-0.3, -0.25) is 0 Å². The molecular weight excluding hydrogens is 404 g/mol. The molecule has 2 aromatic carbocycles. The number of nitrogens with zero attached hydrogens (tertiary/aromatic N) is 2. The van der Waals surface area contributed by atoms with Crippen molar-refractivity contribution >= 4 is 17.5 Å². The molecule has 0 amide bonds. The summed E-state index contributed by atoms with van der Waals surface area (Å²) in [5, 5.41) is 0.